The van der Waals surface area contributed by atoms with E-state index in [1.54, 1.807) is 0 Å². The minimum absolute atomic E-state index is 0.0127. The van der Waals surface area contributed by atoms with E-state index in [2.05, 4.69) is 5.32 Å². The highest BCUT2D eigenvalue weighted by atomic mass is 16.5. The van der Waals surface area contributed by atoms with Gasteiger partial charge in [-0.2, -0.15) is 0 Å². The maximum atomic E-state index is 11.2. The van der Waals surface area contributed by atoms with Gasteiger partial charge in [-0.15, -0.1) is 0 Å². The van der Waals surface area contributed by atoms with E-state index in [0.717, 1.165) is 0 Å². The molecular formula is C7H9NO4. The van der Waals surface area contributed by atoms with Crippen molar-refractivity contribution in [1.29, 1.82) is 0 Å². The Morgan fingerprint density at radius 1 is 1.75 bits per heavy atom. The molecule has 0 aromatic rings. The fourth-order valence-corrected chi connectivity index (χ4v) is 1.68. The number of carboxylic acids is 1. The highest BCUT2D eigenvalue weighted by molar-refractivity contribution is 6.03. The first-order chi connectivity index (χ1) is 5.65. The Morgan fingerprint density at radius 3 is 3.08 bits per heavy atom. The molecule has 2 N–H and O–H groups in total. The number of hydrogen-bond acceptors (Lipinski definition) is 3. The zero-order chi connectivity index (χ0) is 8.77. The van der Waals surface area contributed by atoms with Gasteiger partial charge in [0.25, 0.3) is 0 Å². The van der Waals surface area contributed by atoms with Gasteiger partial charge >= 0.3 is 5.97 Å². The van der Waals surface area contributed by atoms with Crippen LogP contribution in [0.1, 0.15) is 6.42 Å². The minimum atomic E-state index is -1.30. The largest absolute Gasteiger partial charge is 0.480 e. The predicted molar refractivity (Wildman–Crippen MR) is 37.4 cm³/mol. The second kappa shape index (κ2) is 2.20. The van der Waals surface area contributed by atoms with E-state index in [9.17, 15) is 9.59 Å². The smallest absolute Gasteiger partial charge is 0.321 e. The summed E-state index contributed by atoms with van der Waals surface area (Å²) in [5.41, 5.74) is -1.30. The minimum Gasteiger partial charge on any atom is -0.480 e. The molecule has 5 heteroatoms. The van der Waals surface area contributed by atoms with Crippen LogP contribution in [0.15, 0.2) is 0 Å². The van der Waals surface area contributed by atoms with E-state index >= 15 is 0 Å². The van der Waals surface area contributed by atoms with Gasteiger partial charge in [0.2, 0.25) is 5.91 Å². The molecule has 12 heavy (non-hydrogen) atoms. The van der Waals surface area contributed by atoms with Crippen LogP contribution in [0.3, 0.4) is 0 Å². The summed E-state index contributed by atoms with van der Waals surface area (Å²) < 4.78 is 5.15. The van der Waals surface area contributed by atoms with Crippen molar-refractivity contribution in [3.63, 3.8) is 0 Å². The topological polar surface area (TPSA) is 75.6 Å². The molecule has 2 atom stereocenters. The quantitative estimate of drug-likeness (QED) is 0.495. The van der Waals surface area contributed by atoms with Crippen LogP contribution in [-0.2, 0) is 14.3 Å². The van der Waals surface area contributed by atoms with E-state index in [0.29, 0.717) is 13.0 Å². The number of hydrogen-bond donors (Lipinski definition) is 2. The van der Waals surface area contributed by atoms with E-state index in [1.165, 1.54) is 0 Å². The van der Waals surface area contributed by atoms with Crippen LogP contribution in [0.5, 0.6) is 0 Å². The van der Waals surface area contributed by atoms with E-state index in [4.69, 9.17) is 9.84 Å². The van der Waals surface area contributed by atoms with Crippen molar-refractivity contribution in [1.82, 2.24) is 5.32 Å². The van der Waals surface area contributed by atoms with Crippen LogP contribution >= 0.6 is 0 Å². The first kappa shape index (κ1) is 7.54. The van der Waals surface area contributed by atoms with Gasteiger partial charge < -0.3 is 15.2 Å². The zero-order valence-corrected chi connectivity index (χ0v) is 6.37. The Balaban J connectivity index is 2.33. The molecular weight excluding hydrogens is 162 g/mol. The van der Waals surface area contributed by atoms with Crippen LogP contribution in [0.2, 0.25) is 0 Å². The van der Waals surface area contributed by atoms with Gasteiger partial charge in [-0.1, -0.05) is 0 Å². The molecule has 0 aromatic heterocycles. The van der Waals surface area contributed by atoms with Gasteiger partial charge in [0.05, 0.1) is 12.7 Å². The highest BCUT2D eigenvalue weighted by Gasteiger charge is 2.55. The van der Waals surface area contributed by atoms with Gasteiger partial charge in [0, 0.05) is 13.0 Å². The molecule has 2 unspecified atom stereocenters. The molecule has 0 aromatic carbocycles. The third kappa shape index (κ3) is 0.768. The van der Waals surface area contributed by atoms with Crippen molar-refractivity contribution in [3.05, 3.63) is 0 Å². The number of ether oxygens (including phenoxy) is 1. The molecule has 5 nitrogen and oxygen atoms in total. The Bertz CT molecular complexity index is 252. The van der Waals surface area contributed by atoms with Crippen molar-refractivity contribution >= 4 is 11.9 Å². The number of fused-ring (bicyclic) bond motifs is 2. The number of amides is 1. The molecule has 1 amide bonds. The lowest BCUT2D eigenvalue weighted by atomic mass is 9.82. The fourth-order valence-electron chi connectivity index (χ4n) is 1.68. The van der Waals surface area contributed by atoms with Gasteiger partial charge in [-0.25, -0.2) is 0 Å². The normalized spacial score (nSPS) is 39.3. The summed E-state index contributed by atoms with van der Waals surface area (Å²) in [6, 6.07) is 0. The van der Waals surface area contributed by atoms with Crippen LogP contribution in [0, 0.1) is 5.41 Å². The molecule has 2 bridgehead atoms. The van der Waals surface area contributed by atoms with Crippen molar-refractivity contribution < 1.29 is 19.4 Å². The van der Waals surface area contributed by atoms with Crippen LogP contribution in [0.25, 0.3) is 0 Å². The molecule has 0 radical (unpaired) electrons. The molecule has 2 saturated heterocycles. The van der Waals surface area contributed by atoms with E-state index < -0.39 is 17.3 Å². The Morgan fingerprint density at radius 2 is 2.50 bits per heavy atom. The number of piperidine rings is 1. The molecule has 2 fully saturated rings. The van der Waals surface area contributed by atoms with Crippen molar-refractivity contribution in [2.75, 3.05) is 13.2 Å². The number of carboxylic acid groups (broad SMARTS) is 1. The summed E-state index contributed by atoms with van der Waals surface area (Å²) in [5, 5.41) is 11.4. The summed E-state index contributed by atoms with van der Waals surface area (Å²) in [6.45, 7) is 0.451. The Hall–Kier alpha value is -1.10. The van der Waals surface area contributed by atoms with Crippen molar-refractivity contribution in [2.45, 2.75) is 12.5 Å². The lowest BCUT2D eigenvalue weighted by Crippen LogP contribution is -2.51. The number of rotatable bonds is 1. The van der Waals surface area contributed by atoms with Crippen LogP contribution in [-0.4, -0.2) is 36.2 Å². The van der Waals surface area contributed by atoms with Crippen molar-refractivity contribution in [3.8, 4) is 0 Å². The van der Waals surface area contributed by atoms with Crippen molar-refractivity contribution in [2.24, 2.45) is 5.41 Å². The van der Waals surface area contributed by atoms with E-state index in [1.807, 2.05) is 0 Å². The fraction of sp³-hybridized carbons (Fsp3) is 0.714. The predicted octanol–water partition coefficient (Wildman–Crippen LogP) is -1.02. The maximum Gasteiger partial charge on any atom is 0.321 e. The lowest BCUT2D eigenvalue weighted by Gasteiger charge is -2.25. The molecule has 0 spiro atoms. The summed E-state index contributed by atoms with van der Waals surface area (Å²) >= 11 is 0. The number of nitrogens with one attached hydrogen (secondary N) is 1. The third-order valence-electron chi connectivity index (χ3n) is 2.48. The maximum absolute atomic E-state index is 11.2. The van der Waals surface area contributed by atoms with Gasteiger partial charge in [0.15, 0.2) is 5.41 Å². The Kier molecular flexibility index (Phi) is 1.38. The molecule has 2 heterocycles. The molecule has 0 saturated carbocycles. The first-order valence-electron chi connectivity index (χ1n) is 3.78. The highest BCUT2D eigenvalue weighted by Crippen LogP contribution is 2.35. The van der Waals surface area contributed by atoms with Gasteiger partial charge in [-0.05, 0) is 0 Å². The second-order valence-corrected chi connectivity index (χ2v) is 3.23. The second-order valence-electron chi connectivity index (χ2n) is 3.23. The third-order valence-corrected chi connectivity index (χ3v) is 2.48. The standard InChI is InChI=1S/C7H9NO4/c9-5-7(6(10)11)1-4(2-8-5)12-3-7/h4H,1-3H2,(H,8,9)(H,10,11). The summed E-state index contributed by atoms with van der Waals surface area (Å²) in [7, 11) is 0. The summed E-state index contributed by atoms with van der Waals surface area (Å²) in [4.78, 5) is 22.0. The van der Waals surface area contributed by atoms with Gasteiger partial charge in [0.1, 0.15) is 0 Å². The molecule has 2 aliphatic heterocycles. The number of aliphatic carboxylic acids is 1. The monoisotopic (exact) mass is 171 g/mol. The summed E-state index contributed by atoms with van der Waals surface area (Å²) in [6.07, 6.45) is 0.201. The number of carbonyl (C=O) groups is 2. The molecule has 66 valence electrons. The summed E-state index contributed by atoms with van der Waals surface area (Å²) in [5.74, 6) is -1.49. The number of carbonyl (C=O) groups excluding carboxylic acids is 1. The lowest BCUT2D eigenvalue weighted by molar-refractivity contribution is -0.155. The first-order valence-corrected chi connectivity index (χ1v) is 3.78. The zero-order valence-electron chi connectivity index (χ0n) is 6.37. The molecule has 2 aliphatic rings. The molecule has 2 rings (SSSR count). The van der Waals surface area contributed by atoms with E-state index in [-0.39, 0.29) is 12.7 Å². The van der Waals surface area contributed by atoms with Crippen LogP contribution in [0.4, 0.5) is 0 Å². The SMILES string of the molecule is O=C(O)C12COC(CNC1=O)C2. The average Bonchev–Trinajstić information content (AvgIpc) is 2.39. The van der Waals surface area contributed by atoms with Crippen LogP contribution < -0.4 is 5.32 Å². The van der Waals surface area contributed by atoms with Gasteiger partial charge in [-0.3, -0.25) is 9.59 Å². The molecule has 0 aliphatic carbocycles. The average molecular weight is 171 g/mol. The Labute approximate surface area is 68.7 Å².